The molecule has 0 spiro atoms. The first kappa shape index (κ1) is 22.9. The number of ether oxygens (including phenoxy) is 3. The highest BCUT2D eigenvalue weighted by Crippen LogP contribution is 2.42. The normalized spacial score (nSPS) is 11.0. The number of esters is 2. The minimum absolute atomic E-state index is 0.0294. The first-order chi connectivity index (χ1) is 16.3. The van der Waals surface area contributed by atoms with Gasteiger partial charge >= 0.3 is 11.9 Å². The highest BCUT2D eigenvalue weighted by atomic mass is 16.5. The van der Waals surface area contributed by atoms with Crippen molar-refractivity contribution in [1.29, 1.82) is 0 Å². The summed E-state index contributed by atoms with van der Waals surface area (Å²) in [4.78, 5) is 28.0. The number of fused-ring (bicyclic) bond motifs is 1. The number of rotatable bonds is 6. The third-order valence-electron chi connectivity index (χ3n) is 5.44. The van der Waals surface area contributed by atoms with Crippen LogP contribution in [0.25, 0.3) is 33.3 Å². The largest absolute Gasteiger partial charge is 0.507 e. The zero-order valence-electron chi connectivity index (χ0n) is 19.3. The molecule has 34 heavy (non-hydrogen) atoms. The van der Waals surface area contributed by atoms with E-state index in [0.717, 1.165) is 5.56 Å². The molecule has 2 N–H and O–H groups in total. The summed E-state index contributed by atoms with van der Waals surface area (Å²) in [6.07, 6.45) is 0.0337. The Labute approximate surface area is 196 Å². The molecule has 7 heteroatoms. The number of aromatic nitrogens is 1. The van der Waals surface area contributed by atoms with Gasteiger partial charge in [-0.2, -0.15) is 0 Å². The number of carbonyl (C=O) groups is 2. The van der Waals surface area contributed by atoms with E-state index in [1.54, 1.807) is 36.4 Å². The quantitative estimate of drug-likeness (QED) is 0.366. The minimum Gasteiger partial charge on any atom is -0.507 e. The fraction of sp³-hybridized carbons (Fsp3) is 0.185. The van der Waals surface area contributed by atoms with Crippen LogP contribution in [0.5, 0.6) is 11.5 Å². The molecule has 0 bridgehead atoms. The van der Waals surface area contributed by atoms with Crippen LogP contribution in [0.2, 0.25) is 0 Å². The lowest BCUT2D eigenvalue weighted by atomic mass is 9.96. The summed E-state index contributed by atoms with van der Waals surface area (Å²) in [5.41, 5.74) is 3.75. The Balaban J connectivity index is 1.92. The van der Waals surface area contributed by atoms with Crippen LogP contribution in [0.15, 0.2) is 60.7 Å². The van der Waals surface area contributed by atoms with E-state index in [2.05, 4.69) is 4.98 Å². The minimum atomic E-state index is -0.551. The molecule has 174 valence electrons. The van der Waals surface area contributed by atoms with Crippen LogP contribution in [0.4, 0.5) is 0 Å². The Bertz CT molecular complexity index is 1350. The van der Waals surface area contributed by atoms with E-state index in [4.69, 9.17) is 14.2 Å². The van der Waals surface area contributed by atoms with Gasteiger partial charge in [-0.25, -0.2) is 9.59 Å². The molecule has 0 unspecified atom stereocenters. The Morgan fingerprint density at radius 3 is 2.03 bits per heavy atom. The molecule has 4 aromatic rings. The second-order valence-corrected chi connectivity index (χ2v) is 8.01. The molecule has 1 aromatic heterocycles. The maximum atomic E-state index is 13.0. The zero-order valence-corrected chi connectivity index (χ0v) is 19.3. The molecule has 7 nitrogen and oxygen atoms in total. The SMILES string of the molecule is COC(=O)c1ccc(-c2[nH]c3ccc(O)c(-c4ccc(OC(C)C)cc4)c3c2C(=O)OC)cc1. The van der Waals surface area contributed by atoms with Crippen LogP contribution in [-0.4, -0.2) is 42.4 Å². The molecule has 0 aliphatic heterocycles. The predicted molar refractivity (Wildman–Crippen MR) is 129 cm³/mol. The number of H-pyrrole nitrogens is 1. The van der Waals surface area contributed by atoms with Crippen molar-refractivity contribution in [2.75, 3.05) is 14.2 Å². The first-order valence-corrected chi connectivity index (χ1v) is 10.8. The third kappa shape index (κ3) is 4.20. The van der Waals surface area contributed by atoms with Crippen molar-refractivity contribution < 1.29 is 28.9 Å². The summed E-state index contributed by atoms with van der Waals surface area (Å²) in [7, 11) is 2.63. The number of nitrogens with one attached hydrogen (secondary N) is 1. The highest BCUT2D eigenvalue weighted by Gasteiger charge is 2.25. The van der Waals surface area contributed by atoms with Gasteiger partial charge in [0.15, 0.2) is 0 Å². The summed E-state index contributed by atoms with van der Waals surface area (Å²) < 4.78 is 15.6. The van der Waals surface area contributed by atoms with Gasteiger partial charge in [0.05, 0.1) is 37.1 Å². The third-order valence-corrected chi connectivity index (χ3v) is 5.44. The molecule has 0 radical (unpaired) electrons. The van der Waals surface area contributed by atoms with Gasteiger partial charge in [0.25, 0.3) is 0 Å². The van der Waals surface area contributed by atoms with Crippen LogP contribution < -0.4 is 4.74 Å². The van der Waals surface area contributed by atoms with Crippen molar-refractivity contribution in [3.63, 3.8) is 0 Å². The second kappa shape index (κ2) is 9.31. The first-order valence-electron chi connectivity index (χ1n) is 10.8. The summed E-state index contributed by atoms with van der Waals surface area (Å²) in [5, 5.41) is 11.3. The fourth-order valence-corrected chi connectivity index (χ4v) is 3.96. The van der Waals surface area contributed by atoms with Crippen molar-refractivity contribution in [3.05, 3.63) is 71.8 Å². The van der Waals surface area contributed by atoms with Crippen LogP contribution >= 0.6 is 0 Å². The van der Waals surface area contributed by atoms with E-state index in [9.17, 15) is 14.7 Å². The molecule has 4 rings (SSSR count). The van der Waals surface area contributed by atoms with Gasteiger partial charge in [0, 0.05) is 16.5 Å². The maximum absolute atomic E-state index is 13.0. The standard InChI is InChI=1S/C27H25NO6/c1-15(2)34-19-11-9-16(10-12-19)22-21(29)14-13-20-23(22)24(27(31)33-4)25(28-20)17-5-7-18(8-6-17)26(30)32-3/h5-15,28-29H,1-4H3. The number of carbonyl (C=O) groups excluding carboxylic acids is 2. The number of aromatic amines is 1. The molecule has 0 saturated carbocycles. The predicted octanol–water partition coefficient (Wildman–Crippen LogP) is 5.57. The number of methoxy groups -OCH3 is 2. The zero-order chi connectivity index (χ0) is 24.4. The van der Waals surface area contributed by atoms with Crippen molar-refractivity contribution in [1.82, 2.24) is 4.98 Å². The molecule has 0 amide bonds. The van der Waals surface area contributed by atoms with Gasteiger partial charge in [0.2, 0.25) is 0 Å². The number of benzene rings is 3. The number of hydrogen-bond donors (Lipinski definition) is 2. The lowest BCUT2D eigenvalue weighted by molar-refractivity contribution is 0.0593. The Morgan fingerprint density at radius 2 is 1.44 bits per heavy atom. The fourth-order valence-electron chi connectivity index (χ4n) is 3.96. The number of phenolic OH excluding ortho intramolecular Hbond substituents is 1. The average Bonchev–Trinajstić information content (AvgIpc) is 3.23. The van der Waals surface area contributed by atoms with Gasteiger partial charge in [-0.1, -0.05) is 24.3 Å². The van der Waals surface area contributed by atoms with Gasteiger partial charge in [-0.3, -0.25) is 0 Å². The topological polar surface area (TPSA) is 97.9 Å². The molecular formula is C27H25NO6. The van der Waals surface area contributed by atoms with Crippen molar-refractivity contribution in [3.8, 4) is 33.9 Å². The van der Waals surface area contributed by atoms with Crippen LogP contribution in [-0.2, 0) is 9.47 Å². The molecule has 1 heterocycles. The highest BCUT2D eigenvalue weighted by molar-refractivity contribution is 6.16. The number of aromatic hydroxyl groups is 1. The van der Waals surface area contributed by atoms with E-state index >= 15 is 0 Å². The lowest BCUT2D eigenvalue weighted by Crippen LogP contribution is -2.05. The van der Waals surface area contributed by atoms with Gasteiger partial charge in [-0.05, 0) is 61.4 Å². The van der Waals surface area contributed by atoms with Crippen LogP contribution in [0, 0.1) is 0 Å². The van der Waals surface area contributed by atoms with Gasteiger partial charge in [0.1, 0.15) is 11.5 Å². The van der Waals surface area contributed by atoms with E-state index < -0.39 is 11.9 Å². The van der Waals surface area contributed by atoms with Crippen molar-refractivity contribution in [2.45, 2.75) is 20.0 Å². The average molecular weight is 459 g/mol. The number of hydrogen-bond acceptors (Lipinski definition) is 6. The molecule has 3 aromatic carbocycles. The van der Waals surface area contributed by atoms with Crippen LogP contribution in [0.1, 0.15) is 34.6 Å². The second-order valence-electron chi connectivity index (χ2n) is 8.01. The van der Waals surface area contributed by atoms with E-state index in [1.165, 1.54) is 14.2 Å². The Hall–Kier alpha value is -4.26. The van der Waals surface area contributed by atoms with Crippen molar-refractivity contribution in [2.24, 2.45) is 0 Å². The summed E-state index contributed by atoms with van der Waals surface area (Å²) in [5.74, 6) is -0.265. The molecule has 0 aliphatic carbocycles. The number of phenols is 1. The smallest absolute Gasteiger partial charge is 0.340 e. The van der Waals surface area contributed by atoms with E-state index in [1.807, 2.05) is 38.1 Å². The van der Waals surface area contributed by atoms with Crippen LogP contribution in [0.3, 0.4) is 0 Å². The lowest BCUT2D eigenvalue weighted by Gasteiger charge is -2.12. The molecular weight excluding hydrogens is 434 g/mol. The molecule has 0 aliphatic rings. The molecule has 0 fully saturated rings. The Kier molecular flexibility index (Phi) is 6.27. The van der Waals surface area contributed by atoms with Crippen molar-refractivity contribution >= 4 is 22.8 Å². The summed E-state index contributed by atoms with van der Waals surface area (Å²) in [6.45, 7) is 3.89. The summed E-state index contributed by atoms with van der Waals surface area (Å²) in [6, 6.07) is 17.3. The maximum Gasteiger partial charge on any atom is 0.340 e. The van der Waals surface area contributed by atoms with Gasteiger partial charge in [-0.15, -0.1) is 0 Å². The Morgan fingerprint density at radius 1 is 0.824 bits per heavy atom. The summed E-state index contributed by atoms with van der Waals surface area (Å²) >= 11 is 0. The molecule has 0 saturated heterocycles. The molecule has 0 atom stereocenters. The van der Waals surface area contributed by atoms with Gasteiger partial charge < -0.3 is 24.3 Å². The van der Waals surface area contributed by atoms with E-state index in [-0.39, 0.29) is 17.4 Å². The monoisotopic (exact) mass is 459 g/mol. The van der Waals surface area contributed by atoms with E-state index in [0.29, 0.717) is 39.0 Å².